The summed E-state index contributed by atoms with van der Waals surface area (Å²) in [5, 5.41) is 0. The first-order chi connectivity index (χ1) is 13.7. The predicted octanol–water partition coefficient (Wildman–Crippen LogP) is 4.98. The van der Waals surface area contributed by atoms with Gasteiger partial charge in [-0.25, -0.2) is 9.59 Å². The van der Waals surface area contributed by atoms with Crippen LogP contribution in [-0.2, 0) is 9.47 Å². The fraction of sp³-hybridized carbons (Fsp3) is 0.417. The Morgan fingerprint density at radius 2 is 1.57 bits per heavy atom. The smallest absolute Gasteiger partial charge is 0.339 e. The molecule has 0 bridgehead atoms. The number of esters is 2. The van der Waals surface area contributed by atoms with E-state index in [-0.39, 0.29) is 24.3 Å². The van der Waals surface area contributed by atoms with Crippen molar-refractivity contribution in [2.45, 2.75) is 25.7 Å². The number of carbonyl (C=O) groups excluding carboxylic acids is 2. The van der Waals surface area contributed by atoms with Gasteiger partial charge in [0.1, 0.15) is 13.2 Å². The summed E-state index contributed by atoms with van der Waals surface area (Å²) in [6.07, 6.45) is 12.8. The van der Waals surface area contributed by atoms with Crippen LogP contribution < -0.4 is 0 Å². The third kappa shape index (κ3) is 4.44. The van der Waals surface area contributed by atoms with Crippen LogP contribution in [0.15, 0.2) is 61.7 Å². The molecule has 0 N–H and O–H groups in total. The molecule has 0 spiro atoms. The summed E-state index contributed by atoms with van der Waals surface area (Å²) < 4.78 is 10.4. The Hall–Kier alpha value is -2.62. The summed E-state index contributed by atoms with van der Waals surface area (Å²) in [7, 11) is 0. The van der Waals surface area contributed by atoms with Gasteiger partial charge in [-0.05, 0) is 55.1 Å². The summed E-state index contributed by atoms with van der Waals surface area (Å²) >= 11 is 0. The van der Waals surface area contributed by atoms with Gasteiger partial charge in [-0.15, -0.1) is 6.58 Å². The van der Waals surface area contributed by atoms with Crippen molar-refractivity contribution < 1.29 is 19.1 Å². The highest BCUT2D eigenvalue weighted by Gasteiger charge is 2.42. The first kappa shape index (κ1) is 20.1. The summed E-state index contributed by atoms with van der Waals surface area (Å²) in [6.45, 7) is 7.80. The van der Waals surface area contributed by atoms with E-state index in [0.717, 1.165) is 18.3 Å². The van der Waals surface area contributed by atoms with Gasteiger partial charge in [0, 0.05) is 0 Å². The van der Waals surface area contributed by atoms with Gasteiger partial charge in [-0.2, -0.15) is 0 Å². The van der Waals surface area contributed by atoms with Crippen molar-refractivity contribution in [1.29, 1.82) is 0 Å². The molecule has 2 aliphatic carbocycles. The van der Waals surface area contributed by atoms with E-state index in [9.17, 15) is 9.59 Å². The van der Waals surface area contributed by atoms with E-state index in [4.69, 9.17) is 9.47 Å². The second-order valence-electron chi connectivity index (χ2n) is 7.52. The zero-order valence-electron chi connectivity index (χ0n) is 16.2. The minimum absolute atomic E-state index is 0.0974. The molecule has 4 atom stereocenters. The molecule has 0 aromatic heterocycles. The molecule has 0 heterocycles. The summed E-state index contributed by atoms with van der Waals surface area (Å²) in [6, 6.07) is 6.53. The van der Waals surface area contributed by atoms with Gasteiger partial charge in [0.2, 0.25) is 0 Å². The minimum Gasteiger partial charge on any atom is -0.458 e. The third-order valence-corrected chi connectivity index (χ3v) is 5.96. The highest BCUT2D eigenvalue weighted by atomic mass is 16.5. The zero-order chi connectivity index (χ0) is 19.9. The van der Waals surface area contributed by atoms with Crippen LogP contribution in [0.5, 0.6) is 0 Å². The second kappa shape index (κ2) is 9.54. The van der Waals surface area contributed by atoms with Crippen molar-refractivity contribution in [2.75, 3.05) is 13.2 Å². The quantitative estimate of drug-likeness (QED) is 0.471. The standard InChI is InChI=1S/C24H28O4/c1-3-14-27-23(25)21-10-5-6-11-22(21)24(26)28-15-8-9-18-16-17(4-2)19-12-7-13-20(18)19/h3-6,8-11,17-20H,1-2,7,12-16H2/b9-8+. The molecule has 4 unspecified atom stereocenters. The van der Waals surface area contributed by atoms with Crippen molar-refractivity contribution >= 4 is 11.9 Å². The van der Waals surface area contributed by atoms with Crippen LogP contribution in [0.25, 0.3) is 0 Å². The fourth-order valence-electron chi connectivity index (χ4n) is 4.72. The van der Waals surface area contributed by atoms with Crippen LogP contribution in [0.2, 0.25) is 0 Å². The van der Waals surface area contributed by atoms with Gasteiger partial charge in [-0.1, -0.05) is 49.4 Å². The maximum Gasteiger partial charge on any atom is 0.339 e. The van der Waals surface area contributed by atoms with E-state index in [1.807, 2.05) is 6.08 Å². The predicted molar refractivity (Wildman–Crippen MR) is 109 cm³/mol. The molecule has 2 saturated carbocycles. The molecule has 2 fully saturated rings. The van der Waals surface area contributed by atoms with Crippen molar-refractivity contribution in [2.24, 2.45) is 23.7 Å². The number of rotatable bonds is 8. The highest BCUT2D eigenvalue weighted by Crippen LogP contribution is 2.51. The Morgan fingerprint density at radius 3 is 2.18 bits per heavy atom. The van der Waals surface area contributed by atoms with Gasteiger partial charge in [0.05, 0.1) is 11.1 Å². The van der Waals surface area contributed by atoms with E-state index in [0.29, 0.717) is 11.8 Å². The topological polar surface area (TPSA) is 52.6 Å². The fourth-order valence-corrected chi connectivity index (χ4v) is 4.72. The van der Waals surface area contributed by atoms with E-state index < -0.39 is 11.9 Å². The van der Waals surface area contributed by atoms with Gasteiger partial charge in [-0.3, -0.25) is 0 Å². The monoisotopic (exact) mass is 380 g/mol. The largest absolute Gasteiger partial charge is 0.458 e. The Bertz CT molecular complexity index is 764. The van der Waals surface area contributed by atoms with E-state index in [1.165, 1.54) is 25.3 Å². The van der Waals surface area contributed by atoms with Crippen LogP contribution in [0.3, 0.4) is 0 Å². The van der Waals surface area contributed by atoms with Crippen LogP contribution in [0, 0.1) is 23.7 Å². The maximum atomic E-state index is 12.4. The van der Waals surface area contributed by atoms with Gasteiger partial charge < -0.3 is 9.47 Å². The van der Waals surface area contributed by atoms with Crippen LogP contribution in [0.4, 0.5) is 0 Å². The molecule has 2 aliphatic rings. The number of fused-ring (bicyclic) bond motifs is 1. The van der Waals surface area contributed by atoms with E-state index in [2.05, 4.69) is 25.3 Å². The zero-order valence-corrected chi connectivity index (χ0v) is 16.2. The highest BCUT2D eigenvalue weighted by molar-refractivity contribution is 6.03. The van der Waals surface area contributed by atoms with Gasteiger partial charge in [0.15, 0.2) is 0 Å². The number of allylic oxidation sites excluding steroid dienone is 2. The molecule has 0 radical (unpaired) electrons. The molecule has 0 aliphatic heterocycles. The first-order valence-corrected chi connectivity index (χ1v) is 9.99. The Balaban J connectivity index is 1.56. The van der Waals surface area contributed by atoms with E-state index in [1.54, 1.807) is 24.3 Å². The van der Waals surface area contributed by atoms with Crippen molar-refractivity contribution in [1.82, 2.24) is 0 Å². The molecule has 148 valence electrons. The lowest BCUT2D eigenvalue weighted by atomic mass is 9.90. The molecule has 1 aromatic carbocycles. The Kier molecular flexibility index (Phi) is 6.85. The molecule has 0 amide bonds. The number of benzene rings is 1. The van der Waals surface area contributed by atoms with Gasteiger partial charge in [0.25, 0.3) is 0 Å². The molecule has 0 saturated heterocycles. The molecular formula is C24H28O4. The SMILES string of the molecule is C=CCOC(=O)c1ccccc1C(=O)OC/C=C/C1CC(C=C)C2CCCC12. The van der Waals surface area contributed by atoms with Gasteiger partial charge >= 0.3 is 11.9 Å². The molecule has 3 rings (SSSR count). The number of hydrogen-bond acceptors (Lipinski definition) is 4. The maximum absolute atomic E-state index is 12.4. The van der Waals surface area contributed by atoms with Crippen LogP contribution in [0.1, 0.15) is 46.4 Å². The average molecular weight is 380 g/mol. The molecule has 4 heteroatoms. The summed E-state index contributed by atoms with van der Waals surface area (Å²) in [5.74, 6) is 1.56. The first-order valence-electron chi connectivity index (χ1n) is 9.99. The van der Waals surface area contributed by atoms with Crippen molar-refractivity contribution in [3.05, 3.63) is 72.9 Å². The Morgan fingerprint density at radius 1 is 0.964 bits per heavy atom. The number of hydrogen-bond donors (Lipinski definition) is 0. The lowest BCUT2D eigenvalue weighted by Gasteiger charge is -2.15. The number of ether oxygens (including phenoxy) is 2. The normalized spacial score (nSPS) is 26.0. The molecular weight excluding hydrogens is 352 g/mol. The van der Waals surface area contributed by atoms with Crippen molar-refractivity contribution in [3.63, 3.8) is 0 Å². The van der Waals surface area contributed by atoms with Crippen LogP contribution in [-0.4, -0.2) is 25.2 Å². The summed E-state index contributed by atoms with van der Waals surface area (Å²) in [5.41, 5.74) is 0.421. The molecule has 28 heavy (non-hydrogen) atoms. The summed E-state index contributed by atoms with van der Waals surface area (Å²) in [4.78, 5) is 24.5. The second-order valence-corrected chi connectivity index (χ2v) is 7.52. The number of carbonyl (C=O) groups is 2. The molecule has 4 nitrogen and oxygen atoms in total. The molecule has 1 aromatic rings. The average Bonchev–Trinajstić information content (AvgIpc) is 3.32. The lowest BCUT2D eigenvalue weighted by molar-refractivity contribution is 0.0502. The van der Waals surface area contributed by atoms with Crippen LogP contribution >= 0.6 is 0 Å². The Labute approximate surface area is 166 Å². The lowest BCUT2D eigenvalue weighted by Crippen LogP contribution is -2.14. The minimum atomic E-state index is -0.559. The third-order valence-electron chi connectivity index (χ3n) is 5.96. The van der Waals surface area contributed by atoms with E-state index >= 15 is 0 Å². The van der Waals surface area contributed by atoms with Crippen molar-refractivity contribution in [3.8, 4) is 0 Å².